The monoisotopic (exact) mass is 388 g/mol. The lowest BCUT2D eigenvalue weighted by Gasteiger charge is -2.11. The van der Waals surface area contributed by atoms with Crippen LogP contribution in [0.5, 0.6) is 5.75 Å². The highest BCUT2D eigenvalue weighted by Crippen LogP contribution is 2.29. The van der Waals surface area contributed by atoms with Gasteiger partial charge in [0.2, 0.25) is 0 Å². The molecule has 3 aromatic rings. The number of benzene rings is 3. The minimum Gasteiger partial charge on any atom is -0.496 e. The highest BCUT2D eigenvalue weighted by atomic mass is 32.2. The number of methoxy groups -OCH3 is 1. The number of nitrogens with one attached hydrogen (secondary N) is 1. The Morgan fingerprint density at radius 3 is 2.57 bits per heavy atom. The third kappa shape index (κ3) is 3.66. The van der Waals surface area contributed by atoms with Gasteiger partial charge in [-0.3, -0.25) is 9.79 Å². The number of anilines is 1. The topological polar surface area (TPSA) is 50.7 Å². The van der Waals surface area contributed by atoms with Crippen LogP contribution < -0.4 is 10.1 Å². The van der Waals surface area contributed by atoms with Crippen molar-refractivity contribution in [1.29, 1.82) is 0 Å². The molecule has 140 valence electrons. The van der Waals surface area contributed by atoms with Crippen LogP contribution in [0.1, 0.15) is 21.5 Å². The number of carbonyl (C=O) groups excluding carboxylic acids is 1. The third-order valence-corrected chi connectivity index (χ3v) is 5.46. The summed E-state index contributed by atoms with van der Waals surface area (Å²) in [7, 11) is 1.57. The molecule has 28 heavy (non-hydrogen) atoms. The fourth-order valence-corrected chi connectivity index (χ4v) is 3.66. The normalized spacial score (nSPS) is 12.3. The van der Waals surface area contributed by atoms with Gasteiger partial charge in [-0.25, -0.2) is 0 Å². The average Bonchev–Trinajstić information content (AvgIpc) is 3.18. The Hall–Kier alpha value is -3.05. The van der Waals surface area contributed by atoms with Crippen molar-refractivity contribution >= 4 is 34.8 Å². The summed E-state index contributed by atoms with van der Waals surface area (Å²) in [5.74, 6) is 0.377. The summed E-state index contributed by atoms with van der Waals surface area (Å²) in [6.45, 7) is 0. The van der Waals surface area contributed by atoms with Crippen molar-refractivity contribution in [3.8, 4) is 5.75 Å². The van der Waals surface area contributed by atoms with E-state index in [4.69, 9.17) is 9.73 Å². The van der Waals surface area contributed by atoms with Crippen LogP contribution in [-0.4, -0.2) is 25.0 Å². The van der Waals surface area contributed by atoms with Crippen LogP contribution in [0.4, 0.5) is 11.4 Å². The zero-order valence-corrected chi connectivity index (χ0v) is 16.5. The van der Waals surface area contributed by atoms with Crippen LogP contribution >= 0.6 is 11.8 Å². The minimum atomic E-state index is -0.192. The van der Waals surface area contributed by atoms with Crippen molar-refractivity contribution < 1.29 is 9.53 Å². The molecule has 3 aromatic carbocycles. The summed E-state index contributed by atoms with van der Waals surface area (Å²) >= 11 is 1.61. The Morgan fingerprint density at radius 1 is 1.07 bits per heavy atom. The molecule has 1 aliphatic rings. The van der Waals surface area contributed by atoms with Crippen LogP contribution in [0, 0.1) is 0 Å². The van der Waals surface area contributed by atoms with Gasteiger partial charge in [0.25, 0.3) is 5.91 Å². The number of ether oxygens (including phenoxy) is 1. The number of hydrogen-bond donors (Lipinski definition) is 1. The van der Waals surface area contributed by atoms with E-state index in [1.54, 1.807) is 24.9 Å². The largest absolute Gasteiger partial charge is 0.496 e. The molecule has 0 fully saturated rings. The molecule has 0 unspecified atom stereocenters. The maximum Gasteiger partial charge on any atom is 0.259 e. The lowest BCUT2D eigenvalue weighted by Crippen LogP contribution is -2.13. The van der Waals surface area contributed by atoms with Crippen LogP contribution in [0.15, 0.2) is 76.6 Å². The number of amides is 1. The van der Waals surface area contributed by atoms with Crippen LogP contribution in [-0.2, 0) is 6.42 Å². The van der Waals surface area contributed by atoms with Crippen molar-refractivity contribution in [2.45, 2.75) is 11.3 Å². The summed E-state index contributed by atoms with van der Waals surface area (Å²) in [5.41, 5.74) is 5.65. The predicted octanol–water partition coefficient (Wildman–Crippen LogP) is 5.35. The fraction of sp³-hybridized carbons (Fsp3) is 0.130. The second-order valence-corrected chi connectivity index (χ2v) is 7.34. The first kappa shape index (κ1) is 18.3. The number of para-hydroxylation sites is 1. The molecule has 4 nitrogen and oxygen atoms in total. The molecule has 1 amide bonds. The molecule has 0 spiro atoms. The molecule has 0 saturated carbocycles. The Labute approximate surface area is 168 Å². The molecule has 0 radical (unpaired) electrons. The highest BCUT2D eigenvalue weighted by Gasteiger charge is 2.16. The molecule has 1 heterocycles. The molecule has 0 saturated heterocycles. The van der Waals surface area contributed by atoms with E-state index in [0.29, 0.717) is 11.3 Å². The molecule has 0 aromatic heterocycles. The van der Waals surface area contributed by atoms with Crippen LogP contribution in [0.3, 0.4) is 0 Å². The molecule has 1 N–H and O–H groups in total. The summed E-state index contributed by atoms with van der Waals surface area (Å²) in [6.07, 6.45) is 2.82. The van der Waals surface area contributed by atoms with Gasteiger partial charge < -0.3 is 10.1 Å². The average molecular weight is 388 g/mol. The van der Waals surface area contributed by atoms with Crippen molar-refractivity contribution in [1.82, 2.24) is 0 Å². The van der Waals surface area contributed by atoms with Gasteiger partial charge in [-0.2, -0.15) is 0 Å². The van der Waals surface area contributed by atoms with E-state index in [1.165, 1.54) is 5.56 Å². The number of nitrogens with zero attached hydrogens (tertiary/aromatic N) is 1. The van der Waals surface area contributed by atoms with Gasteiger partial charge >= 0.3 is 0 Å². The Kier molecular flexibility index (Phi) is 5.17. The lowest BCUT2D eigenvalue weighted by molar-refractivity contribution is 0.102. The van der Waals surface area contributed by atoms with Gasteiger partial charge in [0, 0.05) is 17.0 Å². The lowest BCUT2D eigenvalue weighted by atomic mass is 10.0. The van der Waals surface area contributed by atoms with Crippen LogP contribution in [0.2, 0.25) is 0 Å². The smallest absolute Gasteiger partial charge is 0.259 e. The summed E-state index contributed by atoms with van der Waals surface area (Å²) in [5, 5.41) is 2.94. The second kappa shape index (κ2) is 7.90. The van der Waals surface area contributed by atoms with Gasteiger partial charge in [-0.1, -0.05) is 30.3 Å². The fourth-order valence-electron chi connectivity index (χ4n) is 3.23. The standard InChI is InChI=1S/C23H20N2O2S/c1-27-22-14-18(28-2)11-12-19(22)23(26)24-17-9-7-15(8-10-17)21-13-16-5-3-4-6-20(16)25-21/h3-12,14H,13H2,1-2H3,(H,24,26). The zero-order chi connectivity index (χ0) is 19.5. The van der Waals surface area contributed by atoms with E-state index in [1.807, 2.05) is 60.9 Å². The molecule has 4 rings (SSSR count). The highest BCUT2D eigenvalue weighted by molar-refractivity contribution is 7.98. The van der Waals surface area contributed by atoms with Crippen molar-refractivity contribution in [2.75, 3.05) is 18.7 Å². The quantitative estimate of drug-likeness (QED) is 0.600. The maximum absolute atomic E-state index is 12.7. The van der Waals surface area contributed by atoms with E-state index in [0.717, 1.165) is 34.0 Å². The summed E-state index contributed by atoms with van der Waals surface area (Å²) < 4.78 is 5.37. The predicted molar refractivity (Wildman–Crippen MR) is 116 cm³/mol. The van der Waals surface area contributed by atoms with E-state index >= 15 is 0 Å². The Morgan fingerprint density at radius 2 is 1.86 bits per heavy atom. The van der Waals surface area contributed by atoms with E-state index in [2.05, 4.69) is 11.4 Å². The first-order valence-corrected chi connectivity index (χ1v) is 10.2. The number of carbonyl (C=O) groups is 1. The van der Waals surface area contributed by atoms with Gasteiger partial charge in [0.05, 0.1) is 24.1 Å². The number of hydrogen-bond acceptors (Lipinski definition) is 4. The first-order valence-electron chi connectivity index (χ1n) is 8.97. The van der Waals surface area contributed by atoms with Crippen molar-refractivity contribution in [3.63, 3.8) is 0 Å². The number of fused-ring (bicyclic) bond motifs is 1. The summed E-state index contributed by atoms with van der Waals surface area (Å²) in [6, 6.07) is 21.6. The third-order valence-electron chi connectivity index (χ3n) is 4.73. The molecular weight excluding hydrogens is 368 g/mol. The second-order valence-electron chi connectivity index (χ2n) is 6.46. The van der Waals surface area contributed by atoms with Crippen LogP contribution in [0.25, 0.3) is 0 Å². The van der Waals surface area contributed by atoms with Gasteiger partial charge in [0.15, 0.2) is 0 Å². The van der Waals surface area contributed by atoms with E-state index < -0.39 is 0 Å². The molecular formula is C23H20N2O2S. The molecule has 0 aliphatic carbocycles. The number of thioether (sulfide) groups is 1. The molecule has 5 heteroatoms. The van der Waals surface area contributed by atoms with Crippen molar-refractivity contribution in [3.05, 3.63) is 83.4 Å². The minimum absolute atomic E-state index is 0.192. The van der Waals surface area contributed by atoms with Gasteiger partial charge in [0.1, 0.15) is 5.75 Å². The van der Waals surface area contributed by atoms with E-state index in [-0.39, 0.29) is 5.91 Å². The van der Waals surface area contributed by atoms with E-state index in [9.17, 15) is 4.79 Å². The number of aliphatic imine (C=N–C) groups is 1. The SMILES string of the molecule is COc1cc(SC)ccc1C(=O)Nc1ccc(C2=Nc3ccccc3C2)cc1. The Balaban J connectivity index is 1.49. The molecule has 1 aliphatic heterocycles. The Bertz CT molecular complexity index is 1060. The van der Waals surface area contributed by atoms with Gasteiger partial charge in [-0.15, -0.1) is 11.8 Å². The molecule has 0 atom stereocenters. The first-order chi connectivity index (χ1) is 13.7. The zero-order valence-electron chi connectivity index (χ0n) is 15.7. The molecule has 0 bridgehead atoms. The van der Waals surface area contributed by atoms with Crippen molar-refractivity contribution in [2.24, 2.45) is 4.99 Å². The maximum atomic E-state index is 12.7. The summed E-state index contributed by atoms with van der Waals surface area (Å²) in [4.78, 5) is 18.4. The number of rotatable bonds is 5. The van der Waals surface area contributed by atoms with Gasteiger partial charge in [-0.05, 0) is 53.8 Å².